The van der Waals surface area contributed by atoms with E-state index in [-0.39, 0.29) is 0 Å². The average Bonchev–Trinajstić information content (AvgIpc) is 2.75. The second-order valence-electron chi connectivity index (χ2n) is 4.09. The smallest absolute Gasteiger partial charge is 0.124 e. The molecule has 0 radical (unpaired) electrons. The summed E-state index contributed by atoms with van der Waals surface area (Å²) in [5, 5.41) is 7.92. The highest BCUT2D eigenvalue weighted by molar-refractivity contribution is 6.30. The van der Waals surface area contributed by atoms with Crippen LogP contribution in [0.5, 0.6) is 5.75 Å². The van der Waals surface area contributed by atoms with Crippen LogP contribution in [-0.2, 0) is 20.2 Å². The number of halogens is 1. The van der Waals surface area contributed by atoms with Crippen molar-refractivity contribution in [1.29, 1.82) is 0 Å². The number of ether oxygens (including phenoxy) is 1. The molecule has 96 valence electrons. The van der Waals surface area contributed by atoms with E-state index in [2.05, 4.69) is 10.4 Å². The largest absolute Gasteiger partial charge is 0.488 e. The lowest BCUT2D eigenvalue weighted by atomic mass is 10.2. The maximum absolute atomic E-state index is 5.98. The van der Waals surface area contributed by atoms with Crippen LogP contribution in [0.15, 0.2) is 30.6 Å². The van der Waals surface area contributed by atoms with Gasteiger partial charge in [-0.1, -0.05) is 11.6 Å². The minimum absolute atomic E-state index is 0.506. The Balaban J connectivity index is 2.08. The molecule has 0 fully saturated rings. The van der Waals surface area contributed by atoms with Crippen LogP contribution in [0.25, 0.3) is 0 Å². The number of rotatable bonds is 5. The molecule has 0 saturated carbocycles. The van der Waals surface area contributed by atoms with Gasteiger partial charge in [0.25, 0.3) is 0 Å². The number of hydrogen-bond acceptors (Lipinski definition) is 3. The normalized spacial score (nSPS) is 10.6. The minimum atomic E-state index is 0.506. The summed E-state index contributed by atoms with van der Waals surface area (Å²) in [5.41, 5.74) is 2.09. The third-order valence-corrected chi connectivity index (χ3v) is 2.78. The third-order valence-electron chi connectivity index (χ3n) is 2.54. The Labute approximate surface area is 112 Å². The lowest BCUT2D eigenvalue weighted by molar-refractivity contribution is 0.302. The Bertz CT molecular complexity index is 525. The summed E-state index contributed by atoms with van der Waals surface area (Å²) < 4.78 is 7.55. The molecule has 0 spiro atoms. The Morgan fingerprint density at radius 1 is 1.44 bits per heavy atom. The molecule has 1 aromatic carbocycles. The number of aryl methyl sites for hydroxylation is 1. The zero-order valence-electron chi connectivity index (χ0n) is 10.5. The van der Waals surface area contributed by atoms with E-state index in [1.807, 2.05) is 38.5 Å². The van der Waals surface area contributed by atoms with E-state index in [9.17, 15) is 0 Å². The van der Waals surface area contributed by atoms with Gasteiger partial charge in [-0.25, -0.2) is 0 Å². The average molecular weight is 266 g/mol. The first kappa shape index (κ1) is 12.9. The third kappa shape index (κ3) is 3.24. The molecule has 0 aliphatic carbocycles. The number of nitrogens with one attached hydrogen (secondary N) is 1. The Hall–Kier alpha value is -1.52. The maximum Gasteiger partial charge on any atom is 0.124 e. The second-order valence-corrected chi connectivity index (χ2v) is 4.53. The Morgan fingerprint density at radius 2 is 2.28 bits per heavy atom. The first-order valence-corrected chi connectivity index (χ1v) is 6.10. The lowest BCUT2D eigenvalue weighted by Crippen LogP contribution is -2.07. The molecule has 1 heterocycles. The van der Waals surface area contributed by atoms with E-state index in [1.54, 1.807) is 10.9 Å². The molecular formula is C13H16ClN3O. The Kier molecular flexibility index (Phi) is 4.23. The van der Waals surface area contributed by atoms with Crippen molar-refractivity contribution in [1.82, 2.24) is 15.1 Å². The molecule has 0 aliphatic heterocycles. The van der Waals surface area contributed by atoms with Gasteiger partial charge >= 0.3 is 0 Å². The maximum atomic E-state index is 5.98. The standard InChI is InChI=1S/C13H16ClN3O/c1-15-7-11-5-12(14)3-4-13(11)18-9-10-6-16-17(2)8-10/h3-6,8,15H,7,9H2,1-2H3. The van der Waals surface area contributed by atoms with Gasteiger partial charge in [-0.15, -0.1) is 0 Å². The molecule has 0 atom stereocenters. The van der Waals surface area contributed by atoms with Gasteiger partial charge in [-0.3, -0.25) is 4.68 Å². The van der Waals surface area contributed by atoms with Crippen molar-refractivity contribution >= 4 is 11.6 Å². The summed E-state index contributed by atoms with van der Waals surface area (Å²) >= 11 is 5.98. The molecule has 1 aromatic heterocycles. The topological polar surface area (TPSA) is 39.1 Å². The number of hydrogen-bond donors (Lipinski definition) is 1. The second kappa shape index (κ2) is 5.89. The van der Waals surface area contributed by atoms with Crippen molar-refractivity contribution in [2.75, 3.05) is 7.05 Å². The van der Waals surface area contributed by atoms with Gasteiger partial charge in [-0.2, -0.15) is 5.10 Å². The van der Waals surface area contributed by atoms with Gasteiger partial charge in [-0.05, 0) is 25.2 Å². The molecule has 4 nitrogen and oxygen atoms in total. The quantitative estimate of drug-likeness (QED) is 0.902. The number of aromatic nitrogens is 2. The number of benzene rings is 1. The molecule has 0 bridgehead atoms. The van der Waals surface area contributed by atoms with E-state index in [1.165, 1.54) is 0 Å². The van der Waals surface area contributed by atoms with Crippen LogP contribution in [-0.4, -0.2) is 16.8 Å². The highest BCUT2D eigenvalue weighted by Crippen LogP contribution is 2.23. The first-order chi connectivity index (χ1) is 8.69. The van der Waals surface area contributed by atoms with Gasteiger partial charge in [0.05, 0.1) is 6.20 Å². The molecule has 0 amide bonds. The summed E-state index contributed by atoms with van der Waals surface area (Å²) in [5.74, 6) is 0.845. The van der Waals surface area contributed by atoms with Crippen LogP contribution >= 0.6 is 11.6 Å². The van der Waals surface area contributed by atoms with Gasteiger partial charge in [0.1, 0.15) is 12.4 Å². The zero-order valence-corrected chi connectivity index (χ0v) is 11.2. The van der Waals surface area contributed by atoms with Crippen molar-refractivity contribution in [2.24, 2.45) is 7.05 Å². The van der Waals surface area contributed by atoms with Crippen LogP contribution in [0.2, 0.25) is 5.02 Å². The van der Waals surface area contributed by atoms with E-state index in [0.717, 1.165) is 23.4 Å². The highest BCUT2D eigenvalue weighted by atomic mass is 35.5. The SMILES string of the molecule is CNCc1cc(Cl)ccc1OCc1cnn(C)c1. The van der Waals surface area contributed by atoms with E-state index >= 15 is 0 Å². The molecular weight excluding hydrogens is 250 g/mol. The van der Waals surface area contributed by atoms with E-state index in [0.29, 0.717) is 11.6 Å². The van der Waals surface area contributed by atoms with Gasteiger partial charge in [0.2, 0.25) is 0 Å². The van der Waals surface area contributed by atoms with Crippen molar-refractivity contribution in [2.45, 2.75) is 13.2 Å². The molecule has 2 rings (SSSR count). The lowest BCUT2D eigenvalue weighted by Gasteiger charge is -2.11. The molecule has 5 heteroatoms. The molecule has 0 aliphatic rings. The summed E-state index contributed by atoms with van der Waals surface area (Å²) in [4.78, 5) is 0. The molecule has 2 aromatic rings. The molecule has 1 N–H and O–H groups in total. The summed E-state index contributed by atoms with van der Waals surface area (Å²) in [6, 6.07) is 5.64. The molecule has 18 heavy (non-hydrogen) atoms. The van der Waals surface area contributed by atoms with E-state index in [4.69, 9.17) is 16.3 Å². The van der Waals surface area contributed by atoms with Crippen molar-refractivity contribution in [3.05, 3.63) is 46.7 Å². The van der Waals surface area contributed by atoms with Gasteiger partial charge in [0, 0.05) is 35.9 Å². The minimum Gasteiger partial charge on any atom is -0.488 e. The summed E-state index contributed by atoms with van der Waals surface area (Å²) in [6.45, 7) is 1.23. The fourth-order valence-corrected chi connectivity index (χ4v) is 1.92. The van der Waals surface area contributed by atoms with Crippen LogP contribution < -0.4 is 10.1 Å². The fourth-order valence-electron chi connectivity index (χ4n) is 1.72. The number of nitrogens with zero attached hydrogens (tertiary/aromatic N) is 2. The fraction of sp³-hybridized carbons (Fsp3) is 0.308. The van der Waals surface area contributed by atoms with Crippen LogP contribution in [0.3, 0.4) is 0 Å². The zero-order chi connectivity index (χ0) is 13.0. The Morgan fingerprint density at radius 3 is 2.94 bits per heavy atom. The molecule has 0 unspecified atom stereocenters. The van der Waals surface area contributed by atoms with Crippen LogP contribution in [0.1, 0.15) is 11.1 Å². The van der Waals surface area contributed by atoms with Crippen LogP contribution in [0, 0.1) is 0 Å². The highest BCUT2D eigenvalue weighted by Gasteiger charge is 2.05. The monoisotopic (exact) mass is 265 g/mol. The summed E-state index contributed by atoms with van der Waals surface area (Å²) in [6.07, 6.45) is 3.74. The van der Waals surface area contributed by atoms with Gasteiger partial charge < -0.3 is 10.1 Å². The van der Waals surface area contributed by atoms with Gasteiger partial charge in [0.15, 0.2) is 0 Å². The van der Waals surface area contributed by atoms with Crippen molar-refractivity contribution < 1.29 is 4.74 Å². The van der Waals surface area contributed by atoms with Crippen LogP contribution in [0.4, 0.5) is 0 Å². The van der Waals surface area contributed by atoms with E-state index < -0.39 is 0 Å². The first-order valence-electron chi connectivity index (χ1n) is 5.72. The predicted molar refractivity (Wildman–Crippen MR) is 71.8 cm³/mol. The summed E-state index contributed by atoms with van der Waals surface area (Å²) in [7, 11) is 3.78. The molecule has 0 saturated heterocycles. The van der Waals surface area contributed by atoms with Crippen molar-refractivity contribution in [3.8, 4) is 5.75 Å². The van der Waals surface area contributed by atoms with Crippen molar-refractivity contribution in [3.63, 3.8) is 0 Å². The predicted octanol–water partition coefficient (Wildman–Crippen LogP) is 2.37.